The molecule has 0 radical (unpaired) electrons. The van der Waals surface area contributed by atoms with Crippen LogP contribution in [0, 0.1) is 0 Å². The zero-order valence-corrected chi connectivity index (χ0v) is 34.4. The molecule has 1 aromatic heterocycles. The fraction of sp³-hybridized carbons (Fsp3) is 0.103. The van der Waals surface area contributed by atoms with E-state index in [-0.39, 0.29) is 10.8 Å². The summed E-state index contributed by atoms with van der Waals surface area (Å²) in [6.45, 7) is 9.51. The largest absolute Gasteiger partial charge is 0.310 e. The van der Waals surface area contributed by atoms with Gasteiger partial charge in [-0.2, -0.15) is 0 Å². The van der Waals surface area contributed by atoms with Gasteiger partial charge in [-0.05, 0) is 115 Å². The highest BCUT2D eigenvalue weighted by molar-refractivity contribution is 6.17. The minimum absolute atomic E-state index is 0.138. The summed E-state index contributed by atoms with van der Waals surface area (Å²) in [6.07, 6.45) is 0. The molecule has 12 rings (SSSR count). The molecule has 2 heteroatoms. The number of aromatic nitrogens is 1. The first-order valence-electron chi connectivity index (χ1n) is 21.2. The van der Waals surface area contributed by atoms with Crippen LogP contribution < -0.4 is 4.90 Å². The van der Waals surface area contributed by atoms with Crippen LogP contribution in [0.1, 0.15) is 49.9 Å². The minimum Gasteiger partial charge on any atom is -0.310 e. The first kappa shape index (κ1) is 34.8. The van der Waals surface area contributed by atoms with Gasteiger partial charge in [-0.1, -0.05) is 167 Å². The Morgan fingerprint density at radius 1 is 0.383 bits per heavy atom. The van der Waals surface area contributed by atoms with Crippen molar-refractivity contribution >= 4 is 49.6 Å². The maximum Gasteiger partial charge on any atom is 0.0562 e. The number of hydrogen-bond donors (Lipinski definition) is 0. The highest BCUT2D eigenvalue weighted by Gasteiger charge is 2.38. The van der Waals surface area contributed by atoms with Crippen molar-refractivity contribution in [3.8, 4) is 39.1 Å². The number of fused-ring (bicyclic) bond motifs is 10. The molecule has 0 saturated heterocycles. The van der Waals surface area contributed by atoms with Crippen molar-refractivity contribution in [1.82, 2.24) is 4.57 Å². The van der Waals surface area contributed by atoms with Gasteiger partial charge in [-0.15, -0.1) is 0 Å². The van der Waals surface area contributed by atoms with Crippen molar-refractivity contribution in [2.24, 2.45) is 0 Å². The standard InChI is InChI=1S/C58H44N2/c1-57(2)48-24-13-10-21-42(48)44-31-29-40(35-50(44)57)59(41-30-32-45-43-22-11-14-25-49(43)58(3,4)51(45)36-41)53-27-16-28-54-56(53)46-23-12-15-26-52(46)60(54)55-34-39-20-9-8-19-38(39)33-47(55)37-17-6-5-7-18-37/h5-36H,1-4H3. The second-order valence-electron chi connectivity index (χ2n) is 17.7. The van der Waals surface area contributed by atoms with Crippen molar-refractivity contribution in [1.29, 1.82) is 0 Å². The molecule has 286 valence electrons. The van der Waals surface area contributed by atoms with E-state index in [0.717, 1.165) is 17.1 Å². The van der Waals surface area contributed by atoms with Crippen molar-refractivity contribution in [2.45, 2.75) is 38.5 Å². The summed E-state index contributed by atoms with van der Waals surface area (Å²) < 4.78 is 2.51. The zero-order chi connectivity index (χ0) is 40.3. The van der Waals surface area contributed by atoms with Crippen molar-refractivity contribution in [2.75, 3.05) is 4.90 Å². The predicted molar refractivity (Wildman–Crippen MR) is 254 cm³/mol. The molecule has 0 unspecified atom stereocenters. The number of hydrogen-bond acceptors (Lipinski definition) is 1. The van der Waals surface area contributed by atoms with E-state index < -0.39 is 0 Å². The molecule has 10 aromatic rings. The molecule has 2 nitrogen and oxygen atoms in total. The quantitative estimate of drug-likeness (QED) is 0.169. The Kier molecular flexibility index (Phi) is 7.36. The molecule has 0 fully saturated rings. The Labute approximate surface area is 351 Å². The Morgan fingerprint density at radius 3 is 1.55 bits per heavy atom. The van der Waals surface area contributed by atoms with Gasteiger partial charge in [0.1, 0.15) is 0 Å². The summed E-state index contributed by atoms with van der Waals surface area (Å²) in [4.78, 5) is 2.54. The summed E-state index contributed by atoms with van der Waals surface area (Å²) >= 11 is 0. The molecule has 2 aliphatic carbocycles. The smallest absolute Gasteiger partial charge is 0.0562 e. The molecule has 0 amide bonds. The lowest BCUT2D eigenvalue weighted by Gasteiger charge is -2.30. The van der Waals surface area contributed by atoms with Crippen LogP contribution in [0.15, 0.2) is 194 Å². The highest BCUT2D eigenvalue weighted by atomic mass is 15.1. The van der Waals surface area contributed by atoms with Crippen molar-refractivity contribution in [3.05, 3.63) is 216 Å². The van der Waals surface area contributed by atoms with E-state index in [2.05, 4.69) is 231 Å². The van der Waals surface area contributed by atoms with E-state index in [1.807, 2.05) is 0 Å². The third-order valence-corrected chi connectivity index (χ3v) is 13.8. The molecule has 0 atom stereocenters. The number of nitrogens with zero attached hydrogens (tertiary/aromatic N) is 2. The number of anilines is 3. The van der Waals surface area contributed by atoms with Crippen LogP contribution in [-0.4, -0.2) is 4.57 Å². The van der Waals surface area contributed by atoms with Crippen LogP contribution in [0.4, 0.5) is 17.1 Å². The SMILES string of the molecule is CC1(C)c2ccccc2-c2ccc(N(c3ccc4c(c3)C(C)(C)c3ccccc3-4)c3cccc4c3c3ccccc3n4-c3cc4ccccc4cc3-c3ccccc3)cc21. The van der Waals surface area contributed by atoms with E-state index in [9.17, 15) is 0 Å². The first-order chi connectivity index (χ1) is 29.3. The van der Waals surface area contributed by atoms with Crippen LogP contribution in [0.2, 0.25) is 0 Å². The Morgan fingerprint density at radius 2 is 0.900 bits per heavy atom. The first-order valence-corrected chi connectivity index (χ1v) is 21.2. The number of para-hydroxylation sites is 1. The van der Waals surface area contributed by atoms with Gasteiger partial charge in [0.25, 0.3) is 0 Å². The molecule has 0 aliphatic heterocycles. The third-order valence-electron chi connectivity index (χ3n) is 13.8. The van der Waals surface area contributed by atoms with E-state index in [0.29, 0.717) is 0 Å². The molecular formula is C58H44N2. The maximum atomic E-state index is 2.54. The van der Waals surface area contributed by atoms with Gasteiger partial charge in [-0.3, -0.25) is 0 Å². The fourth-order valence-corrected chi connectivity index (χ4v) is 10.8. The van der Waals surface area contributed by atoms with Gasteiger partial charge < -0.3 is 9.47 Å². The van der Waals surface area contributed by atoms with Gasteiger partial charge in [0.05, 0.1) is 22.4 Å². The summed E-state index contributed by atoms with van der Waals surface area (Å²) in [5.41, 5.74) is 19.9. The normalized spacial score (nSPS) is 14.3. The summed E-state index contributed by atoms with van der Waals surface area (Å²) in [5, 5.41) is 4.91. The third kappa shape index (κ3) is 4.88. The summed E-state index contributed by atoms with van der Waals surface area (Å²) in [7, 11) is 0. The van der Waals surface area contributed by atoms with Gasteiger partial charge in [-0.25, -0.2) is 0 Å². The highest BCUT2D eigenvalue weighted by Crippen LogP contribution is 2.54. The van der Waals surface area contributed by atoms with E-state index in [4.69, 9.17) is 0 Å². The second-order valence-corrected chi connectivity index (χ2v) is 17.7. The van der Waals surface area contributed by atoms with Gasteiger partial charge in [0.2, 0.25) is 0 Å². The molecule has 0 N–H and O–H groups in total. The second kappa shape index (κ2) is 12.7. The monoisotopic (exact) mass is 768 g/mol. The molecule has 0 saturated carbocycles. The van der Waals surface area contributed by atoms with Crippen LogP contribution in [0.25, 0.3) is 71.6 Å². The topological polar surface area (TPSA) is 8.17 Å². The summed E-state index contributed by atoms with van der Waals surface area (Å²) in [6, 6.07) is 72.4. The van der Waals surface area contributed by atoms with E-state index >= 15 is 0 Å². The Bertz CT molecular complexity index is 3270. The van der Waals surface area contributed by atoms with Crippen molar-refractivity contribution in [3.63, 3.8) is 0 Å². The molecule has 1 heterocycles. The van der Waals surface area contributed by atoms with Gasteiger partial charge in [0, 0.05) is 38.5 Å². The molecule has 60 heavy (non-hydrogen) atoms. The Hall–Kier alpha value is -7.16. The summed E-state index contributed by atoms with van der Waals surface area (Å²) in [5.74, 6) is 0. The van der Waals surface area contributed by atoms with E-state index in [1.165, 1.54) is 93.9 Å². The number of benzene rings is 9. The predicted octanol–water partition coefficient (Wildman–Crippen LogP) is 15.7. The molecular weight excluding hydrogens is 725 g/mol. The lowest BCUT2D eigenvalue weighted by Crippen LogP contribution is -2.18. The average Bonchev–Trinajstić information content (AvgIpc) is 3.83. The number of rotatable bonds is 5. The van der Waals surface area contributed by atoms with Crippen LogP contribution in [0.5, 0.6) is 0 Å². The molecule has 0 spiro atoms. The van der Waals surface area contributed by atoms with Crippen LogP contribution in [0.3, 0.4) is 0 Å². The Balaban J connectivity index is 1.15. The average molecular weight is 769 g/mol. The zero-order valence-electron chi connectivity index (χ0n) is 34.4. The van der Waals surface area contributed by atoms with Crippen LogP contribution >= 0.6 is 0 Å². The maximum absolute atomic E-state index is 2.54. The fourth-order valence-electron chi connectivity index (χ4n) is 10.8. The lowest BCUT2D eigenvalue weighted by molar-refractivity contribution is 0.660. The lowest BCUT2D eigenvalue weighted by atomic mass is 9.82. The van der Waals surface area contributed by atoms with Gasteiger partial charge in [0.15, 0.2) is 0 Å². The van der Waals surface area contributed by atoms with Gasteiger partial charge >= 0.3 is 0 Å². The molecule has 9 aromatic carbocycles. The molecule has 2 aliphatic rings. The minimum atomic E-state index is -0.138. The van der Waals surface area contributed by atoms with Crippen LogP contribution in [-0.2, 0) is 10.8 Å². The van der Waals surface area contributed by atoms with E-state index in [1.54, 1.807) is 0 Å². The van der Waals surface area contributed by atoms with Crippen molar-refractivity contribution < 1.29 is 0 Å². The molecule has 0 bridgehead atoms.